The van der Waals surface area contributed by atoms with Crippen LogP contribution in [0, 0.1) is 0 Å². The molecule has 0 bridgehead atoms. The fourth-order valence-corrected chi connectivity index (χ4v) is 2.99. The number of amides is 1. The first-order chi connectivity index (χ1) is 12.0. The summed E-state index contributed by atoms with van der Waals surface area (Å²) >= 11 is 0. The molecule has 0 aromatic heterocycles. The Kier molecular flexibility index (Phi) is 5.61. The lowest BCUT2D eigenvalue weighted by atomic mass is 10.0. The predicted octanol–water partition coefficient (Wildman–Crippen LogP) is 3.36. The molecule has 0 saturated heterocycles. The van der Waals surface area contributed by atoms with Gasteiger partial charge in [-0.25, -0.2) is 13.2 Å². The van der Waals surface area contributed by atoms with E-state index in [2.05, 4.69) is 5.32 Å². The number of sulfone groups is 1. The quantitative estimate of drug-likeness (QED) is 0.797. The Bertz CT molecular complexity index is 898. The number of carbonyl (C=O) groups excluding carboxylic acids is 1. The van der Waals surface area contributed by atoms with Crippen LogP contribution in [0.5, 0.6) is 0 Å². The molecule has 0 aliphatic rings. The number of nitrogens with two attached hydrogens (primary N) is 1. The van der Waals surface area contributed by atoms with Gasteiger partial charge >= 0.3 is 6.09 Å². The zero-order valence-electron chi connectivity index (χ0n) is 15.4. The van der Waals surface area contributed by atoms with Crippen molar-refractivity contribution in [2.45, 2.75) is 37.8 Å². The summed E-state index contributed by atoms with van der Waals surface area (Å²) in [4.78, 5) is 12.0. The lowest BCUT2D eigenvalue weighted by Crippen LogP contribution is -2.32. The molecule has 0 aliphatic carbocycles. The van der Waals surface area contributed by atoms with E-state index in [0.717, 1.165) is 16.7 Å². The van der Waals surface area contributed by atoms with E-state index in [0.29, 0.717) is 12.2 Å². The summed E-state index contributed by atoms with van der Waals surface area (Å²) in [6, 6.07) is 12.0. The van der Waals surface area contributed by atoms with Crippen LogP contribution in [-0.2, 0) is 21.1 Å². The maximum atomic E-state index is 11.7. The Hall–Kier alpha value is -2.54. The molecule has 1 amide bonds. The highest BCUT2D eigenvalue weighted by Crippen LogP contribution is 2.27. The van der Waals surface area contributed by atoms with Crippen molar-refractivity contribution in [2.24, 2.45) is 0 Å². The number of nitrogens with one attached hydrogen (secondary N) is 1. The first-order valence-corrected chi connectivity index (χ1v) is 10.0. The number of rotatable bonds is 4. The van der Waals surface area contributed by atoms with Gasteiger partial charge in [0.15, 0.2) is 9.84 Å². The normalized spacial score (nSPS) is 11.8. The molecule has 0 atom stereocenters. The molecule has 0 saturated carbocycles. The SMILES string of the molecule is CC(C)(C)OC(=O)NCc1ccc(-c2ccc(S(C)(=O)=O)cc2)c(N)c1. The van der Waals surface area contributed by atoms with Crippen LogP contribution < -0.4 is 11.1 Å². The fourth-order valence-electron chi connectivity index (χ4n) is 2.36. The summed E-state index contributed by atoms with van der Waals surface area (Å²) in [6.07, 6.45) is 0.680. The summed E-state index contributed by atoms with van der Waals surface area (Å²) in [5.74, 6) is 0. The Morgan fingerprint density at radius 1 is 1.12 bits per heavy atom. The molecule has 0 spiro atoms. The van der Waals surface area contributed by atoms with Gasteiger partial charge in [-0.05, 0) is 50.1 Å². The second kappa shape index (κ2) is 7.37. The number of alkyl carbamates (subject to hydrolysis) is 1. The van der Waals surface area contributed by atoms with Crippen molar-refractivity contribution in [3.63, 3.8) is 0 Å². The average molecular weight is 376 g/mol. The van der Waals surface area contributed by atoms with Gasteiger partial charge in [-0.3, -0.25) is 0 Å². The monoisotopic (exact) mass is 376 g/mol. The van der Waals surface area contributed by atoms with Crippen LogP contribution in [0.2, 0.25) is 0 Å². The Labute approximate surface area is 154 Å². The highest BCUT2D eigenvalue weighted by atomic mass is 32.2. The minimum absolute atomic E-state index is 0.262. The molecule has 7 heteroatoms. The van der Waals surface area contributed by atoms with Crippen molar-refractivity contribution in [3.8, 4) is 11.1 Å². The zero-order chi connectivity index (χ0) is 19.5. The van der Waals surface area contributed by atoms with Crippen LogP contribution >= 0.6 is 0 Å². The standard InChI is InChI=1S/C19H24N2O4S/c1-19(2,3)25-18(22)21-12-13-5-10-16(17(20)11-13)14-6-8-15(9-7-14)26(4,23)24/h5-11H,12,20H2,1-4H3,(H,21,22). The fraction of sp³-hybridized carbons (Fsp3) is 0.316. The van der Waals surface area contributed by atoms with Gasteiger partial charge in [0.1, 0.15) is 5.60 Å². The van der Waals surface area contributed by atoms with Gasteiger partial charge in [0, 0.05) is 24.1 Å². The molecule has 6 nitrogen and oxygen atoms in total. The minimum Gasteiger partial charge on any atom is -0.444 e. The van der Waals surface area contributed by atoms with Crippen LogP contribution in [0.3, 0.4) is 0 Å². The van der Waals surface area contributed by atoms with Gasteiger partial charge in [0.25, 0.3) is 0 Å². The Morgan fingerprint density at radius 2 is 1.73 bits per heavy atom. The van der Waals surface area contributed by atoms with Crippen molar-refractivity contribution in [1.29, 1.82) is 0 Å². The smallest absolute Gasteiger partial charge is 0.407 e. The number of ether oxygens (including phenoxy) is 1. The summed E-state index contributed by atoms with van der Waals surface area (Å²) in [7, 11) is -3.23. The molecule has 26 heavy (non-hydrogen) atoms. The lowest BCUT2D eigenvalue weighted by Gasteiger charge is -2.19. The maximum Gasteiger partial charge on any atom is 0.407 e. The molecule has 0 unspecified atom stereocenters. The molecule has 0 fully saturated rings. The second-order valence-corrected chi connectivity index (χ2v) is 9.09. The number of hydrogen-bond acceptors (Lipinski definition) is 5. The second-order valence-electron chi connectivity index (χ2n) is 7.07. The largest absolute Gasteiger partial charge is 0.444 e. The van der Waals surface area contributed by atoms with Crippen molar-refractivity contribution >= 4 is 21.6 Å². The average Bonchev–Trinajstić information content (AvgIpc) is 2.51. The summed E-state index contributed by atoms with van der Waals surface area (Å²) in [6.45, 7) is 5.70. The maximum absolute atomic E-state index is 11.7. The molecule has 2 rings (SSSR count). The molecule has 140 valence electrons. The van der Waals surface area contributed by atoms with Gasteiger partial charge < -0.3 is 15.8 Å². The van der Waals surface area contributed by atoms with Gasteiger partial charge in [0.2, 0.25) is 0 Å². The third-order valence-electron chi connectivity index (χ3n) is 3.55. The van der Waals surface area contributed by atoms with E-state index in [-0.39, 0.29) is 4.90 Å². The van der Waals surface area contributed by atoms with E-state index in [9.17, 15) is 13.2 Å². The van der Waals surface area contributed by atoms with E-state index in [1.54, 1.807) is 51.1 Å². The summed E-state index contributed by atoms with van der Waals surface area (Å²) < 4.78 is 28.3. The van der Waals surface area contributed by atoms with Crippen LogP contribution in [0.4, 0.5) is 10.5 Å². The summed E-state index contributed by atoms with van der Waals surface area (Å²) in [5, 5.41) is 2.68. The minimum atomic E-state index is -3.23. The first-order valence-electron chi connectivity index (χ1n) is 8.11. The van der Waals surface area contributed by atoms with E-state index < -0.39 is 21.5 Å². The van der Waals surface area contributed by atoms with Crippen LogP contribution in [0.15, 0.2) is 47.4 Å². The van der Waals surface area contributed by atoms with E-state index >= 15 is 0 Å². The zero-order valence-corrected chi connectivity index (χ0v) is 16.2. The Balaban J connectivity index is 2.11. The third-order valence-corrected chi connectivity index (χ3v) is 4.67. The predicted molar refractivity (Wildman–Crippen MR) is 102 cm³/mol. The van der Waals surface area contributed by atoms with Crippen molar-refractivity contribution in [2.75, 3.05) is 12.0 Å². The molecule has 2 aromatic rings. The van der Waals surface area contributed by atoms with Gasteiger partial charge in [-0.15, -0.1) is 0 Å². The molecular formula is C19H24N2O4S. The molecule has 3 N–H and O–H groups in total. The molecule has 2 aromatic carbocycles. The highest BCUT2D eigenvalue weighted by molar-refractivity contribution is 7.90. The number of anilines is 1. The highest BCUT2D eigenvalue weighted by Gasteiger charge is 2.16. The number of carbonyl (C=O) groups is 1. The van der Waals surface area contributed by atoms with Gasteiger partial charge in [-0.1, -0.05) is 24.3 Å². The molecular weight excluding hydrogens is 352 g/mol. The van der Waals surface area contributed by atoms with Crippen molar-refractivity contribution in [3.05, 3.63) is 48.0 Å². The Morgan fingerprint density at radius 3 is 2.23 bits per heavy atom. The first kappa shape index (κ1) is 19.8. The molecule has 0 heterocycles. The van der Waals surface area contributed by atoms with Crippen LogP contribution in [-0.4, -0.2) is 26.4 Å². The van der Waals surface area contributed by atoms with Gasteiger partial charge in [-0.2, -0.15) is 0 Å². The van der Waals surface area contributed by atoms with E-state index in [1.165, 1.54) is 6.26 Å². The topological polar surface area (TPSA) is 98.5 Å². The van der Waals surface area contributed by atoms with E-state index in [4.69, 9.17) is 10.5 Å². The van der Waals surface area contributed by atoms with Crippen molar-refractivity contribution < 1.29 is 17.9 Å². The van der Waals surface area contributed by atoms with Crippen LogP contribution in [0.1, 0.15) is 26.3 Å². The van der Waals surface area contributed by atoms with E-state index in [1.807, 2.05) is 12.1 Å². The number of benzene rings is 2. The van der Waals surface area contributed by atoms with Crippen molar-refractivity contribution in [1.82, 2.24) is 5.32 Å². The number of nitrogen functional groups attached to an aromatic ring is 1. The van der Waals surface area contributed by atoms with Crippen LogP contribution in [0.25, 0.3) is 11.1 Å². The third kappa shape index (κ3) is 5.49. The summed E-state index contributed by atoms with van der Waals surface area (Å²) in [5.41, 5.74) is 8.57. The lowest BCUT2D eigenvalue weighted by molar-refractivity contribution is 0.0523. The molecule has 0 aliphatic heterocycles. The number of hydrogen-bond donors (Lipinski definition) is 2. The molecule has 0 radical (unpaired) electrons. The van der Waals surface area contributed by atoms with Gasteiger partial charge in [0.05, 0.1) is 4.90 Å².